The van der Waals surface area contributed by atoms with Gasteiger partial charge in [-0.05, 0) is 49.5 Å². The smallest absolute Gasteiger partial charge is 0.0900 e. The average molecular weight is 220 g/mol. The van der Waals surface area contributed by atoms with Crippen LogP contribution in [0.2, 0.25) is 0 Å². The molecule has 0 aliphatic carbocycles. The van der Waals surface area contributed by atoms with E-state index >= 15 is 0 Å². The molecule has 0 atom stereocenters. The molecule has 2 rings (SSSR count). The SMILES string of the molecule is Cc1nc2ccc([SH](C)C)cc2nc1C. The van der Waals surface area contributed by atoms with Crippen LogP contribution >= 0.6 is 10.9 Å². The monoisotopic (exact) mass is 220 g/mol. The lowest BCUT2D eigenvalue weighted by Crippen LogP contribution is -1.93. The minimum Gasteiger partial charge on any atom is -0.250 e. The fraction of sp³-hybridized carbons (Fsp3) is 0.333. The quantitative estimate of drug-likeness (QED) is 0.748. The number of hydrogen-bond acceptors (Lipinski definition) is 2. The zero-order chi connectivity index (χ0) is 11.0. The van der Waals surface area contributed by atoms with Gasteiger partial charge in [0.05, 0.1) is 22.4 Å². The molecule has 1 heterocycles. The van der Waals surface area contributed by atoms with E-state index in [4.69, 9.17) is 0 Å². The highest BCUT2D eigenvalue weighted by Crippen LogP contribution is 2.29. The highest BCUT2D eigenvalue weighted by molar-refractivity contribution is 8.15. The first-order valence-corrected chi connectivity index (χ1v) is 7.24. The van der Waals surface area contributed by atoms with Crippen LogP contribution in [0, 0.1) is 13.8 Å². The van der Waals surface area contributed by atoms with Crippen LogP contribution in [0.15, 0.2) is 23.1 Å². The Balaban J connectivity index is 2.66. The van der Waals surface area contributed by atoms with E-state index in [1.165, 1.54) is 4.90 Å². The van der Waals surface area contributed by atoms with Crippen LogP contribution in [0.3, 0.4) is 0 Å². The second-order valence-corrected chi connectivity index (χ2v) is 6.27. The van der Waals surface area contributed by atoms with Gasteiger partial charge in [-0.25, -0.2) is 20.9 Å². The predicted octanol–water partition coefficient (Wildman–Crippen LogP) is 2.87. The van der Waals surface area contributed by atoms with Crippen molar-refractivity contribution in [1.29, 1.82) is 0 Å². The van der Waals surface area contributed by atoms with Gasteiger partial charge in [0.1, 0.15) is 0 Å². The van der Waals surface area contributed by atoms with Crippen molar-refractivity contribution in [3.63, 3.8) is 0 Å². The number of aromatic nitrogens is 2. The number of fused-ring (bicyclic) bond motifs is 1. The van der Waals surface area contributed by atoms with Gasteiger partial charge in [0.15, 0.2) is 0 Å². The summed E-state index contributed by atoms with van der Waals surface area (Å²) in [6.07, 6.45) is 4.51. The van der Waals surface area contributed by atoms with Crippen LogP contribution in [0.4, 0.5) is 0 Å². The lowest BCUT2D eigenvalue weighted by atomic mass is 10.2. The molecule has 0 aliphatic rings. The summed E-state index contributed by atoms with van der Waals surface area (Å²) in [7, 11) is -0.0539. The number of thiol groups is 1. The van der Waals surface area contributed by atoms with Crippen LogP contribution < -0.4 is 0 Å². The van der Waals surface area contributed by atoms with Gasteiger partial charge in [-0.3, -0.25) is 0 Å². The summed E-state index contributed by atoms with van der Waals surface area (Å²) in [5.74, 6) is 0. The van der Waals surface area contributed by atoms with Crippen LogP contribution in [0.5, 0.6) is 0 Å². The third-order valence-electron chi connectivity index (χ3n) is 2.58. The normalized spacial score (nSPS) is 11.9. The van der Waals surface area contributed by atoms with Gasteiger partial charge in [-0.2, -0.15) is 0 Å². The van der Waals surface area contributed by atoms with Crippen LogP contribution in [0.1, 0.15) is 11.4 Å². The van der Waals surface area contributed by atoms with Gasteiger partial charge in [0.2, 0.25) is 0 Å². The Morgan fingerprint density at radius 2 is 1.53 bits per heavy atom. The molecule has 15 heavy (non-hydrogen) atoms. The Bertz CT molecular complexity index is 506. The van der Waals surface area contributed by atoms with Crippen molar-refractivity contribution in [3.05, 3.63) is 29.6 Å². The van der Waals surface area contributed by atoms with Gasteiger partial charge in [0, 0.05) is 0 Å². The number of rotatable bonds is 1. The molecule has 3 heteroatoms. The van der Waals surface area contributed by atoms with Gasteiger partial charge < -0.3 is 0 Å². The van der Waals surface area contributed by atoms with Crippen molar-refractivity contribution in [2.75, 3.05) is 12.5 Å². The van der Waals surface area contributed by atoms with Crippen molar-refractivity contribution in [1.82, 2.24) is 9.97 Å². The maximum absolute atomic E-state index is 4.57. The highest BCUT2D eigenvalue weighted by Gasteiger charge is 2.03. The fourth-order valence-electron chi connectivity index (χ4n) is 1.50. The maximum Gasteiger partial charge on any atom is 0.0900 e. The van der Waals surface area contributed by atoms with Crippen molar-refractivity contribution in [2.45, 2.75) is 18.7 Å². The first-order chi connectivity index (χ1) is 7.08. The molecule has 0 saturated carbocycles. The van der Waals surface area contributed by atoms with Gasteiger partial charge >= 0.3 is 0 Å². The molecule has 0 radical (unpaired) electrons. The third-order valence-corrected chi connectivity index (χ3v) is 3.89. The van der Waals surface area contributed by atoms with Crippen molar-refractivity contribution < 1.29 is 0 Å². The molecule has 0 unspecified atom stereocenters. The summed E-state index contributed by atoms with van der Waals surface area (Å²) >= 11 is 0. The molecular formula is C12H16N2S. The molecule has 1 aromatic carbocycles. The Morgan fingerprint density at radius 1 is 0.933 bits per heavy atom. The molecule has 0 fully saturated rings. The molecule has 2 nitrogen and oxygen atoms in total. The summed E-state index contributed by atoms with van der Waals surface area (Å²) < 4.78 is 0. The predicted molar refractivity (Wildman–Crippen MR) is 68.1 cm³/mol. The summed E-state index contributed by atoms with van der Waals surface area (Å²) in [4.78, 5) is 10.5. The van der Waals surface area contributed by atoms with E-state index in [1.807, 2.05) is 13.8 Å². The maximum atomic E-state index is 4.57. The molecular weight excluding hydrogens is 204 g/mol. The average Bonchev–Trinajstić information content (AvgIpc) is 2.19. The zero-order valence-corrected chi connectivity index (χ0v) is 10.5. The first-order valence-electron chi connectivity index (χ1n) is 5.00. The molecule has 0 saturated heterocycles. The first kappa shape index (κ1) is 10.4. The van der Waals surface area contributed by atoms with Gasteiger partial charge in [-0.1, -0.05) is 0 Å². The molecule has 0 N–H and O–H groups in total. The van der Waals surface area contributed by atoms with Crippen molar-refractivity contribution in [3.8, 4) is 0 Å². The van der Waals surface area contributed by atoms with Gasteiger partial charge in [-0.15, -0.1) is 0 Å². The second kappa shape index (κ2) is 3.81. The van der Waals surface area contributed by atoms with E-state index in [-0.39, 0.29) is 10.9 Å². The molecule has 2 aromatic rings. The Kier molecular flexibility index (Phi) is 2.65. The lowest BCUT2D eigenvalue weighted by molar-refractivity contribution is 1.10. The molecule has 0 amide bonds. The number of benzene rings is 1. The zero-order valence-electron chi connectivity index (χ0n) is 9.57. The van der Waals surface area contributed by atoms with E-state index in [9.17, 15) is 0 Å². The number of hydrogen-bond donors (Lipinski definition) is 1. The van der Waals surface area contributed by atoms with E-state index in [0.29, 0.717) is 0 Å². The summed E-state index contributed by atoms with van der Waals surface area (Å²) in [6.45, 7) is 4.01. The fourth-order valence-corrected chi connectivity index (χ4v) is 2.25. The lowest BCUT2D eigenvalue weighted by Gasteiger charge is -2.10. The third kappa shape index (κ3) is 1.97. The van der Waals surface area contributed by atoms with E-state index in [1.54, 1.807) is 0 Å². The van der Waals surface area contributed by atoms with Gasteiger partial charge in [0.25, 0.3) is 0 Å². The number of nitrogens with zero attached hydrogens (tertiary/aromatic N) is 2. The molecule has 0 spiro atoms. The van der Waals surface area contributed by atoms with Crippen LogP contribution in [-0.4, -0.2) is 22.5 Å². The Labute approximate surface area is 93.1 Å². The summed E-state index contributed by atoms with van der Waals surface area (Å²) in [5.41, 5.74) is 4.06. The van der Waals surface area contributed by atoms with E-state index in [2.05, 4.69) is 40.7 Å². The molecule has 0 aliphatic heterocycles. The topological polar surface area (TPSA) is 25.8 Å². The Hall–Kier alpha value is -1.09. The van der Waals surface area contributed by atoms with Crippen molar-refractivity contribution >= 4 is 21.9 Å². The molecule has 0 bridgehead atoms. The Morgan fingerprint density at radius 3 is 2.13 bits per heavy atom. The second-order valence-electron chi connectivity index (χ2n) is 3.96. The minimum atomic E-state index is -0.0539. The number of aryl methyl sites for hydroxylation is 2. The standard InChI is InChI=1S/C12H16N2S/c1-8-9(2)14-12-7-10(15(3)4)5-6-11(12)13-8/h5-7,15H,1-4H3. The minimum absolute atomic E-state index is 0.0539. The molecule has 80 valence electrons. The van der Waals surface area contributed by atoms with Crippen LogP contribution in [-0.2, 0) is 0 Å². The summed E-state index contributed by atoms with van der Waals surface area (Å²) in [6, 6.07) is 6.41. The highest BCUT2D eigenvalue weighted by atomic mass is 32.2. The summed E-state index contributed by atoms with van der Waals surface area (Å²) in [5, 5.41) is 0. The van der Waals surface area contributed by atoms with Crippen LogP contribution in [0.25, 0.3) is 11.0 Å². The molecule has 1 aromatic heterocycles. The van der Waals surface area contributed by atoms with Crippen molar-refractivity contribution in [2.24, 2.45) is 0 Å². The van der Waals surface area contributed by atoms with E-state index in [0.717, 1.165) is 22.4 Å². The van der Waals surface area contributed by atoms with E-state index < -0.39 is 0 Å². The largest absolute Gasteiger partial charge is 0.250 e.